The summed E-state index contributed by atoms with van der Waals surface area (Å²) in [6.45, 7) is 11.8. The molecule has 0 aliphatic heterocycles. The van der Waals surface area contributed by atoms with Crippen LogP contribution in [-0.2, 0) is 19.3 Å². The number of benzene rings is 1. The van der Waals surface area contributed by atoms with E-state index in [1.54, 1.807) is 0 Å². The SMILES string of the molecule is CC(C)(C)[Si](C)(C)Oc1ccc(CCCNc2c3c(nc4ccccc24)CCCCC3)nc1C=O. The molecule has 0 spiro atoms. The molecule has 0 atom stereocenters. The Bertz CT molecular complexity index is 1200. The van der Waals surface area contributed by atoms with Crippen molar-refractivity contribution in [2.75, 3.05) is 11.9 Å². The molecule has 186 valence electrons. The van der Waals surface area contributed by atoms with Crippen LogP contribution >= 0.6 is 0 Å². The molecule has 0 saturated heterocycles. The molecule has 2 aromatic heterocycles. The summed E-state index contributed by atoms with van der Waals surface area (Å²) in [6.07, 6.45) is 8.43. The van der Waals surface area contributed by atoms with Crippen molar-refractivity contribution in [3.8, 4) is 5.75 Å². The summed E-state index contributed by atoms with van der Waals surface area (Å²) in [5.41, 5.74) is 6.33. The van der Waals surface area contributed by atoms with Crippen LogP contribution in [0.15, 0.2) is 36.4 Å². The first-order chi connectivity index (χ1) is 16.7. The number of hydrogen-bond donors (Lipinski definition) is 1. The number of anilines is 1. The van der Waals surface area contributed by atoms with E-state index in [0.29, 0.717) is 11.4 Å². The Morgan fingerprint density at radius 1 is 1.03 bits per heavy atom. The molecule has 1 aromatic carbocycles. The zero-order chi connectivity index (χ0) is 25.1. The maximum atomic E-state index is 11.8. The Labute approximate surface area is 210 Å². The summed E-state index contributed by atoms with van der Waals surface area (Å²) in [5.74, 6) is 0.611. The zero-order valence-electron chi connectivity index (χ0n) is 21.9. The third-order valence-corrected chi connectivity index (χ3v) is 11.9. The molecule has 3 aromatic rings. The first-order valence-electron chi connectivity index (χ1n) is 13.0. The predicted molar refractivity (Wildman–Crippen MR) is 147 cm³/mol. The average Bonchev–Trinajstić information content (AvgIpc) is 3.06. The van der Waals surface area contributed by atoms with Crippen molar-refractivity contribution < 1.29 is 9.22 Å². The molecule has 0 unspecified atom stereocenters. The molecule has 6 heteroatoms. The minimum absolute atomic E-state index is 0.0623. The van der Waals surface area contributed by atoms with E-state index < -0.39 is 8.32 Å². The number of aldehydes is 1. The normalized spacial score (nSPS) is 14.3. The van der Waals surface area contributed by atoms with Gasteiger partial charge < -0.3 is 9.74 Å². The van der Waals surface area contributed by atoms with E-state index in [4.69, 9.17) is 9.41 Å². The highest BCUT2D eigenvalue weighted by Gasteiger charge is 2.39. The Balaban J connectivity index is 1.45. The highest BCUT2D eigenvalue weighted by molar-refractivity contribution is 6.74. The number of carbonyl (C=O) groups excluding carboxylic acids is 1. The van der Waals surface area contributed by atoms with Crippen LogP contribution in [0.2, 0.25) is 18.1 Å². The van der Waals surface area contributed by atoms with E-state index in [1.165, 1.54) is 41.6 Å². The van der Waals surface area contributed by atoms with Gasteiger partial charge in [-0.1, -0.05) is 45.4 Å². The number of pyridine rings is 2. The van der Waals surface area contributed by atoms with Gasteiger partial charge in [0.15, 0.2) is 6.29 Å². The standard InChI is InChI=1S/C29H39N3O2Si/c1-29(2,3)35(4,5)34-27-18-17-21(31-26(27)20-33)12-11-19-30-28-22-13-7-6-8-15-24(22)32-25-16-10-9-14-23(25)28/h9-10,14,16-18,20H,6-8,11-13,15,19H2,1-5H3,(H,30,32). The van der Waals surface area contributed by atoms with Crippen molar-refractivity contribution in [3.63, 3.8) is 0 Å². The lowest BCUT2D eigenvalue weighted by Gasteiger charge is -2.36. The molecule has 0 saturated carbocycles. The van der Waals surface area contributed by atoms with Crippen molar-refractivity contribution in [2.24, 2.45) is 0 Å². The molecule has 0 fully saturated rings. The average molecular weight is 490 g/mol. The Hall–Kier alpha value is -2.73. The Morgan fingerprint density at radius 2 is 1.80 bits per heavy atom. The topological polar surface area (TPSA) is 64.1 Å². The maximum Gasteiger partial charge on any atom is 0.250 e. The molecule has 5 nitrogen and oxygen atoms in total. The van der Waals surface area contributed by atoms with Crippen LogP contribution in [0.3, 0.4) is 0 Å². The van der Waals surface area contributed by atoms with Gasteiger partial charge in [-0.15, -0.1) is 0 Å². The largest absolute Gasteiger partial charge is 0.542 e. The number of nitrogens with zero attached hydrogens (tertiary/aromatic N) is 2. The van der Waals surface area contributed by atoms with E-state index in [-0.39, 0.29) is 5.04 Å². The number of nitrogens with one attached hydrogen (secondary N) is 1. The number of para-hydroxylation sites is 1. The summed E-state index contributed by atoms with van der Waals surface area (Å²) >= 11 is 0. The third-order valence-electron chi connectivity index (χ3n) is 7.56. The van der Waals surface area contributed by atoms with Gasteiger partial charge in [0.1, 0.15) is 11.4 Å². The van der Waals surface area contributed by atoms with E-state index in [9.17, 15) is 4.79 Å². The lowest BCUT2D eigenvalue weighted by Crippen LogP contribution is -2.44. The summed E-state index contributed by atoms with van der Waals surface area (Å²) in [5, 5.41) is 5.02. The summed E-state index contributed by atoms with van der Waals surface area (Å²) in [6, 6.07) is 12.4. The lowest BCUT2D eigenvalue weighted by atomic mass is 10.0. The Kier molecular flexibility index (Phi) is 7.60. The summed E-state index contributed by atoms with van der Waals surface area (Å²) < 4.78 is 6.36. The van der Waals surface area contributed by atoms with E-state index >= 15 is 0 Å². The van der Waals surface area contributed by atoms with Gasteiger partial charge in [0, 0.05) is 29.0 Å². The van der Waals surface area contributed by atoms with Crippen molar-refractivity contribution >= 4 is 31.2 Å². The maximum absolute atomic E-state index is 11.8. The molecule has 35 heavy (non-hydrogen) atoms. The molecule has 1 aliphatic rings. The highest BCUT2D eigenvalue weighted by Crippen LogP contribution is 2.38. The fourth-order valence-corrected chi connectivity index (χ4v) is 5.51. The second kappa shape index (κ2) is 10.5. The van der Waals surface area contributed by atoms with Crippen molar-refractivity contribution in [1.29, 1.82) is 0 Å². The van der Waals surface area contributed by atoms with Gasteiger partial charge in [0.25, 0.3) is 8.32 Å². The van der Waals surface area contributed by atoms with E-state index in [2.05, 4.69) is 68.4 Å². The van der Waals surface area contributed by atoms with Crippen LogP contribution in [0.25, 0.3) is 10.9 Å². The number of fused-ring (bicyclic) bond motifs is 2. The van der Waals surface area contributed by atoms with E-state index in [0.717, 1.165) is 49.7 Å². The van der Waals surface area contributed by atoms with Crippen LogP contribution in [0.1, 0.15) is 73.9 Å². The number of rotatable bonds is 8. The molecule has 1 aliphatic carbocycles. The summed E-state index contributed by atoms with van der Waals surface area (Å²) in [4.78, 5) is 21.4. The first-order valence-corrected chi connectivity index (χ1v) is 15.9. The van der Waals surface area contributed by atoms with Crippen molar-refractivity contribution in [3.05, 3.63) is 59.0 Å². The second-order valence-corrected chi connectivity index (χ2v) is 15.9. The monoisotopic (exact) mass is 489 g/mol. The van der Waals surface area contributed by atoms with Crippen molar-refractivity contribution in [2.45, 2.75) is 83.8 Å². The van der Waals surface area contributed by atoms with Gasteiger partial charge in [-0.05, 0) is 80.4 Å². The fraction of sp³-hybridized carbons (Fsp3) is 0.483. The Morgan fingerprint density at radius 3 is 2.57 bits per heavy atom. The number of carbonyl (C=O) groups is 1. The van der Waals surface area contributed by atoms with Crippen LogP contribution in [-0.4, -0.2) is 31.1 Å². The van der Waals surface area contributed by atoms with Crippen LogP contribution in [0.4, 0.5) is 5.69 Å². The van der Waals surface area contributed by atoms with Crippen LogP contribution < -0.4 is 9.74 Å². The van der Waals surface area contributed by atoms with E-state index in [1.807, 2.05) is 12.1 Å². The van der Waals surface area contributed by atoms with Crippen LogP contribution in [0.5, 0.6) is 5.75 Å². The van der Waals surface area contributed by atoms with Gasteiger partial charge in [-0.3, -0.25) is 9.78 Å². The molecular formula is C29H39N3O2Si. The summed E-state index contributed by atoms with van der Waals surface area (Å²) in [7, 11) is -2.03. The number of hydrogen-bond acceptors (Lipinski definition) is 5. The third kappa shape index (κ3) is 5.75. The van der Waals surface area contributed by atoms with Crippen LogP contribution in [0, 0.1) is 0 Å². The first kappa shape index (κ1) is 25.4. The minimum atomic E-state index is -2.03. The van der Waals surface area contributed by atoms with Gasteiger partial charge in [0.05, 0.1) is 5.52 Å². The molecule has 4 rings (SSSR count). The van der Waals surface area contributed by atoms with Gasteiger partial charge in [0.2, 0.25) is 0 Å². The van der Waals surface area contributed by atoms with Gasteiger partial charge in [-0.25, -0.2) is 4.98 Å². The number of aromatic nitrogens is 2. The fourth-order valence-electron chi connectivity index (χ4n) is 4.48. The molecule has 2 heterocycles. The zero-order valence-corrected chi connectivity index (χ0v) is 22.9. The quantitative estimate of drug-likeness (QED) is 0.158. The smallest absolute Gasteiger partial charge is 0.250 e. The minimum Gasteiger partial charge on any atom is -0.542 e. The molecule has 0 amide bonds. The molecule has 0 bridgehead atoms. The highest BCUT2D eigenvalue weighted by atomic mass is 28.4. The van der Waals surface area contributed by atoms with Crippen molar-refractivity contribution in [1.82, 2.24) is 9.97 Å². The second-order valence-electron chi connectivity index (χ2n) is 11.2. The van der Waals surface area contributed by atoms with Gasteiger partial charge in [-0.2, -0.15) is 0 Å². The molecule has 1 N–H and O–H groups in total. The lowest BCUT2D eigenvalue weighted by molar-refractivity contribution is 0.111. The molecule has 0 radical (unpaired) electrons. The number of aryl methyl sites for hydroxylation is 2. The molecular weight excluding hydrogens is 450 g/mol. The van der Waals surface area contributed by atoms with Gasteiger partial charge >= 0.3 is 0 Å². The predicted octanol–water partition coefficient (Wildman–Crippen LogP) is 7.14.